The molecule has 0 saturated heterocycles. The molecule has 0 aliphatic heterocycles. The lowest BCUT2D eigenvalue weighted by Gasteiger charge is -2.31. The highest BCUT2D eigenvalue weighted by Gasteiger charge is 2.39. The third-order valence-corrected chi connectivity index (χ3v) is 18.9. The van der Waals surface area contributed by atoms with Crippen molar-refractivity contribution in [2.24, 2.45) is 5.41 Å². The fourth-order valence-electron chi connectivity index (χ4n) is 12.2. The minimum absolute atomic E-state index is 0.134. The molecule has 12 aromatic carbocycles. The first-order chi connectivity index (χ1) is 58.6. The molecule has 0 aromatic heterocycles. The van der Waals surface area contributed by atoms with E-state index in [4.69, 9.17) is 56.8 Å². The van der Waals surface area contributed by atoms with E-state index in [1.807, 2.05) is 48.5 Å². The molecule has 0 amide bonds. The van der Waals surface area contributed by atoms with Gasteiger partial charge in [-0.25, -0.2) is 38.4 Å². The summed E-state index contributed by atoms with van der Waals surface area (Å²) in [5, 5.41) is 36.8. The quantitative estimate of drug-likeness (QED) is 0.0215. The van der Waals surface area contributed by atoms with Crippen LogP contribution in [0.15, 0.2) is 267 Å². The van der Waals surface area contributed by atoms with Crippen LogP contribution < -0.4 is 37.9 Å². The normalized spacial score (nSPS) is 10.6. The number of aryl methyl sites for hydroxylation is 4. The second-order valence-electron chi connectivity index (χ2n) is 27.6. The Kier molecular flexibility index (Phi) is 27.6. The van der Waals surface area contributed by atoms with Crippen molar-refractivity contribution in [3.05, 3.63) is 334 Å². The average molecular weight is 1610 g/mol. The molecule has 0 radical (unpaired) electrons. The van der Waals surface area contributed by atoms with E-state index in [0.29, 0.717) is 44.5 Å². The van der Waals surface area contributed by atoms with Crippen molar-refractivity contribution in [3.8, 4) is 115 Å². The lowest BCUT2D eigenvalue weighted by molar-refractivity contribution is -0.173. The van der Waals surface area contributed by atoms with Gasteiger partial charge in [0.05, 0.1) is 68.8 Å². The van der Waals surface area contributed by atoms with E-state index in [9.17, 15) is 59.4 Å². The predicted molar refractivity (Wildman–Crippen MR) is 439 cm³/mol. The Morgan fingerprint density at radius 3 is 0.570 bits per heavy atom. The molecule has 0 unspecified atom stereocenters. The van der Waals surface area contributed by atoms with Gasteiger partial charge in [-0.15, -0.1) is 0 Å². The number of nitrogens with zero attached hydrogens (tertiary/aromatic N) is 4. The van der Waals surface area contributed by atoms with Gasteiger partial charge in [-0.05, 0) is 264 Å². The fraction of sp³-hybridized carbons (Fsp3) is 0.134. The zero-order chi connectivity index (χ0) is 85.4. The van der Waals surface area contributed by atoms with Gasteiger partial charge < -0.3 is 56.8 Å². The second kappa shape index (κ2) is 39.7. The summed E-state index contributed by atoms with van der Waals surface area (Å²) in [5.41, 5.74) is 9.22. The summed E-state index contributed by atoms with van der Waals surface area (Å²) in [6, 6.07) is 81.2. The van der Waals surface area contributed by atoms with Crippen LogP contribution in [0.1, 0.15) is 85.9 Å². The molecule has 0 bridgehead atoms. The van der Waals surface area contributed by atoms with E-state index < -0.39 is 106 Å². The maximum absolute atomic E-state index is 13.9. The highest BCUT2D eigenvalue weighted by atomic mass is 16.6. The van der Waals surface area contributed by atoms with E-state index in [1.165, 1.54) is 72.8 Å². The van der Waals surface area contributed by atoms with Crippen LogP contribution >= 0.6 is 0 Å². The maximum atomic E-state index is 13.9. The minimum atomic E-state index is -1.95. The molecule has 0 fully saturated rings. The van der Waals surface area contributed by atoms with Crippen molar-refractivity contribution in [1.82, 2.24) is 0 Å². The fourth-order valence-corrected chi connectivity index (χ4v) is 12.2. The average Bonchev–Trinajstić information content (AvgIpc) is 0.834. The molecular formula is C97H72N4O20. The van der Waals surface area contributed by atoms with Gasteiger partial charge in [-0.3, -0.25) is 0 Å². The lowest BCUT2D eigenvalue weighted by Crippen LogP contribution is -2.45. The van der Waals surface area contributed by atoms with Crippen LogP contribution in [0.4, 0.5) is 0 Å². The summed E-state index contributed by atoms with van der Waals surface area (Å²) in [5.74, 6) is -5.21. The van der Waals surface area contributed by atoms with Gasteiger partial charge in [-0.2, -0.15) is 21.0 Å². The van der Waals surface area contributed by atoms with Crippen LogP contribution in [-0.2, 0) is 38.1 Å². The molecule has 0 N–H and O–H groups in total. The highest BCUT2D eigenvalue weighted by molar-refractivity contribution is 5.95. The summed E-state index contributed by atoms with van der Waals surface area (Å²) < 4.78 is 69.3. The first-order valence-electron chi connectivity index (χ1n) is 37.5. The van der Waals surface area contributed by atoms with Crippen molar-refractivity contribution < 1.29 is 95.2 Å². The van der Waals surface area contributed by atoms with E-state index in [0.717, 1.165) is 44.5 Å². The number of nitriles is 4. The van der Waals surface area contributed by atoms with Gasteiger partial charge >= 0.3 is 47.8 Å². The van der Waals surface area contributed by atoms with Gasteiger partial charge in [0.15, 0.2) is 26.4 Å². The van der Waals surface area contributed by atoms with Crippen LogP contribution in [0.3, 0.4) is 0 Å². The Morgan fingerprint density at radius 2 is 0.405 bits per heavy atom. The molecule has 24 nitrogen and oxygen atoms in total. The molecule has 0 spiro atoms. The summed E-state index contributed by atoms with van der Waals surface area (Å²) >= 11 is 0. The van der Waals surface area contributed by atoms with Crippen LogP contribution in [0, 0.1) is 78.4 Å². The molecule has 0 saturated carbocycles. The van der Waals surface area contributed by atoms with Crippen LogP contribution in [0.25, 0.3) is 44.5 Å². The number of carbonyl (C=O) groups is 8. The molecule has 12 aromatic rings. The molecule has 0 atom stereocenters. The van der Waals surface area contributed by atoms with E-state index >= 15 is 0 Å². The monoisotopic (exact) mass is 1610 g/mol. The Bertz CT molecular complexity index is 5280. The van der Waals surface area contributed by atoms with Gasteiger partial charge in [0.2, 0.25) is 0 Å². The largest absolute Gasteiger partial charge is 0.482 e. The van der Waals surface area contributed by atoms with E-state index in [1.54, 1.807) is 173 Å². The molecular weight excluding hydrogens is 1540 g/mol. The number of rotatable bonds is 32. The standard InChI is InChI=1S/C97H72N4O20/c1-61-45-81(37-41-85(61)93(106)118-77-29-21-73(22-30-77)69-13-5-65(49-98)6-14-69)110-53-89(102)114-57-97(58-115-90(103)54-111-82-38-42-86(62(2)46-82)94(107)119-78-31-23-74(24-32-78)70-15-7-66(50-99)8-16-70,59-116-91(104)55-112-83-39-43-87(63(3)47-83)95(108)120-79-33-25-75(26-34-79)71-17-9-67(51-100)10-18-71)60-117-92(105)56-113-84-40-44-88(64(4)48-84)96(109)121-80-35-27-76(28-36-80)72-19-11-68(52-101)12-20-72/h5-48H,53-60H2,1-4H3. The van der Waals surface area contributed by atoms with Crippen LogP contribution in [0.2, 0.25) is 0 Å². The Morgan fingerprint density at radius 1 is 0.240 bits per heavy atom. The number of benzene rings is 12. The molecule has 0 aliphatic rings. The third kappa shape index (κ3) is 23.0. The van der Waals surface area contributed by atoms with Crippen molar-refractivity contribution in [2.75, 3.05) is 52.9 Å². The SMILES string of the molecule is Cc1cc(OCC(=O)OCC(COC(=O)COc2ccc(C(=O)Oc3ccc(-c4ccc(C#N)cc4)cc3)c(C)c2)(COC(=O)COc2ccc(C(=O)Oc3ccc(-c4ccc(C#N)cc4)cc3)c(C)c2)COC(=O)COc2ccc(C(=O)Oc3ccc(-c4ccc(C#N)cc4)cc3)c(C)c2)ccc1C(=O)Oc1ccc(-c2ccc(C#N)cc2)cc1. The maximum Gasteiger partial charge on any atom is 0.344 e. The first-order valence-corrected chi connectivity index (χ1v) is 37.5. The van der Waals surface area contributed by atoms with Gasteiger partial charge in [0.25, 0.3) is 0 Å². The number of hydrogen-bond acceptors (Lipinski definition) is 24. The number of hydrogen-bond donors (Lipinski definition) is 0. The lowest BCUT2D eigenvalue weighted by atomic mass is 9.92. The van der Waals surface area contributed by atoms with Crippen molar-refractivity contribution >= 4 is 47.8 Å². The topological polar surface area (TPSA) is 342 Å². The van der Waals surface area contributed by atoms with E-state index in [-0.39, 0.29) is 68.2 Å². The summed E-state index contributed by atoms with van der Waals surface area (Å²) in [6.07, 6.45) is 0. The molecule has 12 rings (SSSR count). The van der Waals surface area contributed by atoms with Gasteiger partial charge in [-0.1, -0.05) is 97.1 Å². The van der Waals surface area contributed by atoms with Gasteiger partial charge in [0, 0.05) is 0 Å². The number of ether oxygens (including phenoxy) is 12. The summed E-state index contributed by atoms with van der Waals surface area (Å²) in [6.45, 7) is 0.343. The zero-order valence-electron chi connectivity index (χ0n) is 65.5. The molecule has 0 heterocycles. The molecule has 0 aliphatic carbocycles. The van der Waals surface area contributed by atoms with Crippen LogP contribution in [-0.4, -0.2) is 101 Å². The predicted octanol–water partition coefficient (Wildman–Crippen LogP) is 16.7. The smallest absolute Gasteiger partial charge is 0.344 e. The summed E-state index contributed by atoms with van der Waals surface area (Å²) in [7, 11) is 0. The number of carbonyl (C=O) groups excluding carboxylic acids is 8. The molecule has 600 valence electrons. The van der Waals surface area contributed by atoms with Gasteiger partial charge in [0.1, 0.15) is 77.8 Å². The van der Waals surface area contributed by atoms with Crippen molar-refractivity contribution in [3.63, 3.8) is 0 Å². The Labute approximate surface area is 694 Å². The van der Waals surface area contributed by atoms with Crippen molar-refractivity contribution in [1.29, 1.82) is 21.0 Å². The second-order valence-corrected chi connectivity index (χ2v) is 27.6. The van der Waals surface area contributed by atoms with E-state index in [2.05, 4.69) is 24.3 Å². The molecule has 24 heteroatoms. The Hall–Kier alpha value is -16.4. The Balaban J connectivity index is 0.732. The molecule has 121 heavy (non-hydrogen) atoms. The van der Waals surface area contributed by atoms with Crippen molar-refractivity contribution in [2.45, 2.75) is 27.7 Å². The zero-order valence-corrected chi connectivity index (χ0v) is 65.5. The third-order valence-electron chi connectivity index (χ3n) is 18.9. The first kappa shape index (κ1) is 84.0. The minimum Gasteiger partial charge on any atom is -0.482 e. The summed E-state index contributed by atoms with van der Waals surface area (Å²) in [4.78, 5) is 110. The number of esters is 8. The highest BCUT2D eigenvalue weighted by Crippen LogP contribution is 2.32. The van der Waals surface area contributed by atoms with Crippen LogP contribution in [0.5, 0.6) is 46.0 Å².